The van der Waals surface area contributed by atoms with E-state index in [2.05, 4.69) is 12.2 Å². The highest BCUT2D eigenvalue weighted by atomic mass is 32.1. The predicted octanol–water partition coefficient (Wildman–Crippen LogP) is 1.05. The van der Waals surface area contributed by atoms with Crippen molar-refractivity contribution in [1.82, 2.24) is 5.32 Å². The first-order valence-corrected chi connectivity index (χ1v) is 1.81. The normalized spacial score (nSPS) is 10.7. The maximum atomic E-state index is 10.8. The Hall–Kier alpha value is -0.320. The lowest BCUT2D eigenvalue weighted by Crippen LogP contribution is -2.28. The Morgan fingerprint density at radius 2 is 1.86 bits per heavy atom. The van der Waals surface area contributed by atoms with E-state index in [9.17, 15) is 13.2 Å². The third kappa shape index (κ3) is 5.68. The van der Waals surface area contributed by atoms with Crippen molar-refractivity contribution in [3.05, 3.63) is 0 Å². The molecule has 0 atom stereocenters. The highest BCUT2D eigenvalue weighted by Gasteiger charge is 2.24. The summed E-state index contributed by atoms with van der Waals surface area (Å²) < 4.78 is 32.5. The Bertz CT molecular complexity index is 67.8. The number of halogens is 3. The van der Waals surface area contributed by atoms with Crippen LogP contribution in [0.2, 0.25) is 0 Å². The monoisotopic (exact) mass is 129 g/mol. The fraction of sp³-hybridized carbons (Fsp3) is 0.500. The van der Waals surface area contributed by atoms with Gasteiger partial charge in [-0.05, 0) is 0 Å². The summed E-state index contributed by atoms with van der Waals surface area (Å²) in [5.41, 5.74) is 0.417. The fourth-order valence-corrected chi connectivity index (χ4v) is 0.200. The van der Waals surface area contributed by atoms with E-state index in [4.69, 9.17) is 0 Å². The van der Waals surface area contributed by atoms with Crippen LogP contribution in [0.15, 0.2) is 0 Å². The molecule has 0 heterocycles. The van der Waals surface area contributed by atoms with Crippen molar-refractivity contribution in [3.63, 3.8) is 0 Å². The molecule has 0 spiro atoms. The molecule has 1 nitrogen and oxygen atoms in total. The molecule has 0 aromatic heterocycles. The third-order valence-electron chi connectivity index (χ3n) is 0.223. The molecule has 0 aliphatic heterocycles. The highest BCUT2D eigenvalue weighted by molar-refractivity contribution is 7.78. The van der Waals surface area contributed by atoms with Gasteiger partial charge in [-0.15, -0.1) is 0 Å². The molecule has 0 rings (SSSR count). The number of thiocarbonyl (C=S) groups is 1. The maximum Gasteiger partial charge on any atom is 0.482 e. The molecule has 0 amide bonds. The van der Waals surface area contributed by atoms with E-state index in [0.29, 0.717) is 5.49 Å². The summed E-state index contributed by atoms with van der Waals surface area (Å²) in [6.07, 6.45) is -4.36. The molecule has 0 fully saturated rings. The zero-order chi connectivity index (χ0) is 5.91. The minimum atomic E-state index is -4.36. The largest absolute Gasteiger partial charge is 0.482 e. The zero-order valence-corrected chi connectivity index (χ0v) is 3.94. The summed E-state index contributed by atoms with van der Waals surface area (Å²) in [6, 6.07) is 0. The van der Waals surface area contributed by atoms with Crippen LogP contribution in [0.4, 0.5) is 13.2 Å². The number of rotatable bonds is 1. The van der Waals surface area contributed by atoms with Crippen molar-refractivity contribution >= 4 is 17.7 Å². The van der Waals surface area contributed by atoms with Crippen molar-refractivity contribution in [2.45, 2.75) is 6.30 Å². The molecule has 0 radical (unpaired) electrons. The summed E-state index contributed by atoms with van der Waals surface area (Å²) in [5, 5.41) is 0.975. The molecule has 42 valence electrons. The number of hydrogen-bond donors (Lipinski definition) is 1. The topological polar surface area (TPSA) is 12.0 Å². The molecule has 7 heavy (non-hydrogen) atoms. The Balaban J connectivity index is 3.34. The van der Waals surface area contributed by atoms with Gasteiger partial charge in [-0.3, -0.25) is 5.32 Å². The lowest BCUT2D eigenvalue weighted by Gasteiger charge is -2.00. The zero-order valence-electron chi connectivity index (χ0n) is 3.12. The molecule has 0 aromatic carbocycles. The van der Waals surface area contributed by atoms with Crippen LogP contribution in [0.3, 0.4) is 0 Å². The second kappa shape index (κ2) is 2.11. The summed E-state index contributed by atoms with van der Waals surface area (Å²) in [7, 11) is 0. The second-order valence-corrected chi connectivity index (χ2v) is 0.996. The van der Waals surface area contributed by atoms with E-state index < -0.39 is 6.30 Å². The molecule has 5 heteroatoms. The lowest BCUT2D eigenvalue weighted by atomic mass is 11.1. The van der Waals surface area contributed by atoms with Crippen molar-refractivity contribution in [1.29, 1.82) is 0 Å². The summed E-state index contributed by atoms with van der Waals surface area (Å²) in [5.74, 6) is 0. The highest BCUT2D eigenvalue weighted by Crippen LogP contribution is 2.06. The molecule has 0 bridgehead atoms. The minimum absolute atomic E-state index is 0.417. The Morgan fingerprint density at radius 1 is 1.43 bits per heavy atom. The van der Waals surface area contributed by atoms with Crippen LogP contribution in [0.25, 0.3) is 0 Å². The van der Waals surface area contributed by atoms with Gasteiger partial charge < -0.3 is 0 Å². The van der Waals surface area contributed by atoms with Gasteiger partial charge in [0.2, 0.25) is 0 Å². The summed E-state index contributed by atoms with van der Waals surface area (Å²) >= 11 is 3.84. The standard InChI is InChI=1S/C2H2F3NS/c3-2(4,5)6-1-7/h1H,(H,6,7). The average molecular weight is 129 g/mol. The van der Waals surface area contributed by atoms with E-state index in [1.807, 2.05) is 0 Å². The molecule has 0 saturated heterocycles. The van der Waals surface area contributed by atoms with Crippen LogP contribution in [0, 0.1) is 0 Å². The number of alkyl halides is 3. The van der Waals surface area contributed by atoms with Gasteiger partial charge in [-0.1, -0.05) is 12.2 Å². The van der Waals surface area contributed by atoms with Gasteiger partial charge >= 0.3 is 6.30 Å². The van der Waals surface area contributed by atoms with Crippen LogP contribution in [0.5, 0.6) is 0 Å². The van der Waals surface area contributed by atoms with Gasteiger partial charge in [-0.2, -0.15) is 13.2 Å². The lowest BCUT2D eigenvalue weighted by molar-refractivity contribution is -0.140. The average Bonchev–Trinajstić information content (AvgIpc) is 1.30. The molecular formula is C2H2F3NS. The predicted molar refractivity (Wildman–Crippen MR) is 22.8 cm³/mol. The van der Waals surface area contributed by atoms with Crippen molar-refractivity contribution in [3.8, 4) is 0 Å². The van der Waals surface area contributed by atoms with Gasteiger partial charge in [0.05, 0.1) is 5.49 Å². The molecule has 0 aliphatic carbocycles. The smallest absolute Gasteiger partial charge is 0.294 e. The SMILES string of the molecule is FC(F)(F)NC=S. The minimum Gasteiger partial charge on any atom is -0.294 e. The first-order chi connectivity index (χ1) is 3.06. The van der Waals surface area contributed by atoms with E-state index >= 15 is 0 Å². The number of hydrogen-bond acceptors (Lipinski definition) is 1. The van der Waals surface area contributed by atoms with E-state index in [1.54, 1.807) is 0 Å². The van der Waals surface area contributed by atoms with Crippen LogP contribution in [-0.4, -0.2) is 11.8 Å². The molecule has 0 saturated carbocycles. The molecular weight excluding hydrogens is 127 g/mol. The maximum absolute atomic E-state index is 10.8. The molecule has 0 unspecified atom stereocenters. The number of nitrogens with one attached hydrogen (secondary N) is 1. The first-order valence-electron chi connectivity index (χ1n) is 1.34. The summed E-state index contributed by atoms with van der Waals surface area (Å²) in [6.45, 7) is 0. The Kier molecular flexibility index (Phi) is 2.01. The Morgan fingerprint density at radius 3 is 1.86 bits per heavy atom. The molecule has 0 aliphatic rings. The second-order valence-electron chi connectivity index (χ2n) is 0.760. The van der Waals surface area contributed by atoms with Gasteiger partial charge in [0.15, 0.2) is 0 Å². The van der Waals surface area contributed by atoms with E-state index in [-0.39, 0.29) is 0 Å². The van der Waals surface area contributed by atoms with Gasteiger partial charge in [0.25, 0.3) is 0 Å². The summed E-state index contributed by atoms with van der Waals surface area (Å²) in [4.78, 5) is 0. The van der Waals surface area contributed by atoms with Gasteiger partial charge in [0.1, 0.15) is 0 Å². The van der Waals surface area contributed by atoms with Crippen molar-refractivity contribution in [2.24, 2.45) is 0 Å². The van der Waals surface area contributed by atoms with Crippen molar-refractivity contribution in [2.75, 3.05) is 0 Å². The van der Waals surface area contributed by atoms with Crippen LogP contribution < -0.4 is 5.32 Å². The van der Waals surface area contributed by atoms with E-state index in [0.717, 1.165) is 5.32 Å². The fourth-order valence-electron chi connectivity index (χ4n) is 0.0668. The quantitative estimate of drug-likeness (QED) is 0.419. The molecule has 0 aromatic rings. The van der Waals surface area contributed by atoms with Crippen LogP contribution >= 0.6 is 12.2 Å². The Labute approximate surface area is 43.5 Å². The molecule has 1 N–H and O–H groups in total. The van der Waals surface area contributed by atoms with Crippen LogP contribution in [-0.2, 0) is 0 Å². The van der Waals surface area contributed by atoms with Crippen LogP contribution in [0.1, 0.15) is 0 Å². The van der Waals surface area contributed by atoms with E-state index in [1.165, 1.54) is 0 Å². The third-order valence-corrected chi connectivity index (χ3v) is 0.340. The first kappa shape index (κ1) is 6.68. The van der Waals surface area contributed by atoms with Crippen molar-refractivity contribution < 1.29 is 13.2 Å². The van der Waals surface area contributed by atoms with Gasteiger partial charge in [-0.25, -0.2) is 0 Å². The van der Waals surface area contributed by atoms with Gasteiger partial charge in [0, 0.05) is 0 Å².